The summed E-state index contributed by atoms with van der Waals surface area (Å²) >= 11 is 15.8. The highest BCUT2D eigenvalue weighted by molar-refractivity contribution is 7.98. The first-order valence-corrected chi connectivity index (χ1v) is 10.7. The first-order valence-electron chi connectivity index (χ1n) is 7.78. The summed E-state index contributed by atoms with van der Waals surface area (Å²) in [6.45, 7) is 2.89. The van der Waals surface area contributed by atoms with E-state index in [2.05, 4.69) is 40.1 Å². The summed E-state index contributed by atoms with van der Waals surface area (Å²) in [5.41, 5.74) is 2.03. The van der Waals surface area contributed by atoms with Crippen molar-refractivity contribution in [3.8, 4) is 11.4 Å². The van der Waals surface area contributed by atoms with Crippen LogP contribution in [0.3, 0.4) is 0 Å². The lowest BCUT2D eigenvalue weighted by Crippen LogP contribution is -2.00. The van der Waals surface area contributed by atoms with Crippen molar-refractivity contribution in [3.63, 3.8) is 0 Å². The van der Waals surface area contributed by atoms with Crippen molar-refractivity contribution in [2.45, 2.75) is 29.3 Å². The van der Waals surface area contributed by atoms with Crippen molar-refractivity contribution >= 4 is 46.7 Å². The lowest BCUT2D eigenvalue weighted by Gasteiger charge is -2.10. The Morgan fingerprint density at radius 2 is 1.72 bits per heavy atom. The fourth-order valence-electron chi connectivity index (χ4n) is 2.52. The minimum atomic E-state index is 0.654. The molecule has 0 amide bonds. The molecule has 0 bridgehead atoms. The predicted octanol–water partition coefficient (Wildman–Crippen LogP) is 6.29. The fourth-order valence-corrected chi connectivity index (χ4v) is 4.85. The number of benzene rings is 2. The molecule has 0 fully saturated rings. The zero-order valence-electron chi connectivity index (χ0n) is 13.9. The van der Waals surface area contributed by atoms with Gasteiger partial charge < -0.3 is 4.57 Å². The number of rotatable bonds is 6. The van der Waals surface area contributed by atoms with Crippen LogP contribution in [0.4, 0.5) is 0 Å². The molecule has 25 heavy (non-hydrogen) atoms. The summed E-state index contributed by atoms with van der Waals surface area (Å²) in [5, 5.41) is 11.0. The Kier molecular flexibility index (Phi) is 6.34. The van der Waals surface area contributed by atoms with Crippen LogP contribution in [0.25, 0.3) is 11.4 Å². The van der Waals surface area contributed by atoms with Crippen LogP contribution in [0, 0.1) is 0 Å². The highest BCUT2D eigenvalue weighted by atomic mass is 35.5. The molecule has 0 aliphatic rings. The Morgan fingerprint density at radius 1 is 1.00 bits per heavy atom. The van der Waals surface area contributed by atoms with Crippen LogP contribution in [0.5, 0.6) is 0 Å². The molecule has 0 saturated carbocycles. The smallest absolute Gasteiger partial charge is 0.191 e. The van der Waals surface area contributed by atoms with E-state index < -0.39 is 0 Å². The molecule has 0 unspecified atom stereocenters. The maximum Gasteiger partial charge on any atom is 0.191 e. The van der Waals surface area contributed by atoms with Crippen LogP contribution < -0.4 is 0 Å². The van der Waals surface area contributed by atoms with E-state index in [1.54, 1.807) is 23.5 Å². The number of hydrogen-bond acceptors (Lipinski definition) is 4. The Balaban J connectivity index is 1.90. The maximum atomic E-state index is 6.27. The molecule has 3 nitrogen and oxygen atoms in total. The van der Waals surface area contributed by atoms with Crippen molar-refractivity contribution < 1.29 is 0 Å². The van der Waals surface area contributed by atoms with Gasteiger partial charge in [0.15, 0.2) is 11.0 Å². The Labute approximate surface area is 166 Å². The third-order valence-corrected chi connectivity index (χ3v) is 6.29. The predicted molar refractivity (Wildman–Crippen MR) is 109 cm³/mol. The van der Waals surface area contributed by atoms with Gasteiger partial charge in [-0.1, -0.05) is 59.2 Å². The number of nitrogens with zero attached hydrogens (tertiary/aromatic N) is 3. The van der Waals surface area contributed by atoms with Gasteiger partial charge in [-0.25, -0.2) is 0 Å². The van der Waals surface area contributed by atoms with E-state index >= 15 is 0 Å². The number of aromatic nitrogens is 3. The van der Waals surface area contributed by atoms with Gasteiger partial charge in [0.1, 0.15) is 0 Å². The van der Waals surface area contributed by atoms with Crippen LogP contribution in [0.1, 0.15) is 12.5 Å². The second-order valence-electron chi connectivity index (χ2n) is 5.24. The highest BCUT2D eigenvalue weighted by Crippen LogP contribution is 2.34. The summed E-state index contributed by atoms with van der Waals surface area (Å²) < 4.78 is 2.13. The van der Waals surface area contributed by atoms with Gasteiger partial charge in [-0.3, -0.25) is 0 Å². The van der Waals surface area contributed by atoms with Gasteiger partial charge in [0.05, 0.1) is 0 Å². The summed E-state index contributed by atoms with van der Waals surface area (Å²) in [6, 6.07) is 13.8. The van der Waals surface area contributed by atoms with Crippen molar-refractivity contribution in [2.24, 2.45) is 0 Å². The van der Waals surface area contributed by atoms with Crippen molar-refractivity contribution in [1.29, 1.82) is 0 Å². The van der Waals surface area contributed by atoms with E-state index in [4.69, 9.17) is 23.2 Å². The molecule has 130 valence electrons. The minimum absolute atomic E-state index is 0.654. The van der Waals surface area contributed by atoms with Crippen LogP contribution >= 0.6 is 46.7 Å². The Hall–Kier alpha value is -1.14. The maximum absolute atomic E-state index is 6.27. The fraction of sp³-hybridized carbons (Fsp3) is 0.222. The molecule has 0 saturated heterocycles. The normalized spacial score (nSPS) is 11.0. The van der Waals surface area contributed by atoms with Gasteiger partial charge in [0.25, 0.3) is 0 Å². The first kappa shape index (κ1) is 18.6. The van der Waals surface area contributed by atoms with Gasteiger partial charge in [-0.2, -0.15) is 0 Å². The van der Waals surface area contributed by atoms with Crippen LogP contribution in [-0.2, 0) is 12.3 Å². The molecule has 7 heteroatoms. The third kappa shape index (κ3) is 4.00. The lowest BCUT2D eigenvalue weighted by molar-refractivity contribution is 0.686. The van der Waals surface area contributed by atoms with Gasteiger partial charge in [-0.05, 0) is 36.9 Å². The first-order chi connectivity index (χ1) is 12.2. The van der Waals surface area contributed by atoms with Gasteiger partial charge in [-0.15, -0.1) is 22.0 Å². The summed E-state index contributed by atoms with van der Waals surface area (Å²) in [5.74, 6) is 1.54. The largest absolute Gasteiger partial charge is 0.302 e. The second kappa shape index (κ2) is 8.49. The molecule has 0 atom stereocenters. The second-order valence-corrected chi connectivity index (χ2v) is 7.84. The van der Waals surface area contributed by atoms with Crippen LogP contribution in [-0.4, -0.2) is 21.0 Å². The van der Waals surface area contributed by atoms with Crippen molar-refractivity contribution in [2.75, 3.05) is 6.26 Å². The van der Waals surface area contributed by atoms with Gasteiger partial charge in [0.2, 0.25) is 0 Å². The molecule has 0 aliphatic carbocycles. The molecule has 3 aromatic rings. The molecule has 0 radical (unpaired) electrons. The van der Waals surface area contributed by atoms with E-state index in [0.717, 1.165) is 28.7 Å². The average molecular weight is 410 g/mol. The number of hydrogen-bond donors (Lipinski definition) is 0. The molecule has 0 N–H and O–H groups in total. The van der Waals surface area contributed by atoms with Gasteiger partial charge in [0, 0.05) is 32.8 Å². The molecule has 1 heterocycles. The van der Waals surface area contributed by atoms with E-state index in [0.29, 0.717) is 15.8 Å². The minimum Gasteiger partial charge on any atom is -0.302 e. The average Bonchev–Trinajstić information content (AvgIpc) is 3.04. The number of halogens is 2. The van der Waals surface area contributed by atoms with Crippen molar-refractivity contribution in [1.82, 2.24) is 14.8 Å². The standard InChI is InChI=1S/C18H17Cl2N3S2/c1-3-23-17(12-7-4-5-10-16(12)24-2)21-22-18(23)25-11-13-14(19)8-6-9-15(13)20/h4-10H,3,11H2,1-2H3. The van der Waals surface area contributed by atoms with E-state index in [9.17, 15) is 0 Å². The highest BCUT2D eigenvalue weighted by Gasteiger charge is 2.16. The summed E-state index contributed by atoms with van der Waals surface area (Å²) in [7, 11) is 0. The van der Waals surface area contributed by atoms with E-state index in [1.165, 1.54) is 4.90 Å². The molecule has 1 aromatic heterocycles. The van der Waals surface area contributed by atoms with Crippen LogP contribution in [0.2, 0.25) is 10.0 Å². The molecular weight excluding hydrogens is 393 g/mol. The molecule has 3 rings (SSSR count). The quantitative estimate of drug-likeness (QED) is 0.447. The Bertz CT molecular complexity index is 860. The Morgan fingerprint density at radius 3 is 2.40 bits per heavy atom. The molecule has 2 aromatic carbocycles. The topological polar surface area (TPSA) is 30.7 Å². The van der Waals surface area contributed by atoms with Crippen molar-refractivity contribution in [3.05, 3.63) is 58.1 Å². The van der Waals surface area contributed by atoms with E-state index in [1.807, 2.05) is 30.3 Å². The lowest BCUT2D eigenvalue weighted by atomic mass is 10.2. The molecule has 0 spiro atoms. The molecular formula is C18H17Cl2N3S2. The van der Waals surface area contributed by atoms with Gasteiger partial charge >= 0.3 is 0 Å². The summed E-state index contributed by atoms with van der Waals surface area (Å²) in [6.07, 6.45) is 2.07. The monoisotopic (exact) mass is 409 g/mol. The number of thioether (sulfide) groups is 2. The van der Waals surface area contributed by atoms with Crippen LogP contribution in [0.15, 0.2) is 52.5 Å². The zero-order chi connectivity index (χ0) is 17.8. The SMILES string of the molecule is CCn1c(SCc2c(Cl)cccc2Cl)nnc1-c1ccccc1SC. The summed E-state index contributed by atoms with van der Waals surface area (Å²) in [4.78, 5) is 1.19. The van der Waals surface area contributed by atoms with E-state index in [-0.39, 0.29) is 0 Å². The third-order valence-electron chi connectivity index (χ3n) is 3.79. The zero-order valence-corrected chi connectivity index (χ0v) is 17.0. The molecule has 0 aliphatic heterocycles.